The third-order valence-electron chi connectivity index (χ3n) is 3.17. The van der Waals surface area contributed by atoms with E-state index in [9.17, 15) is 4.79 Å². The lowest BCUT2D eigenvalue weighted by Crippen LogP contribution is -2.28. The smallest absolute Gasteiger partial charge is 0.253 e. The molecule has 0 heterocycles. The number of anilines is 1. The standard InChI is InChI=1S/C16H25NO3/c1-11(2)7-8-20-13(4)16(19)17-15-9-14(10-18)6-5-12(15)3/h5-6,9,11,13,18H,7-8,10H2,1-4H3,(H,17,19). The van der Waals surface area contributed by atoms with Crippen molar-refractivity contribution >= 4 is 11.6 Å². The van der Waals surface area contributed by atoms with Crippen molar-refractivity contribution in [3.8, 4) is 0 Å². The Hall–Kier alpha value is -1.39. The molecule has 0 spiro atoms. The Morgan fingerprint density at radius 3 is 2.65 bits per heavy atom. The van der Waals surface area contributed by atoms with Gasteiger partial charge in [0.05, 0.1) is 6.61 Å². The number of aliphatic hydroxyl groups excluding tert-OH is 1. The van der Waals surface area contributed by atoms with Gasteiger partial charge < -0.3 is 15.2 Å². The summed E-state index contributed by atoms with van der Waals surface area (Å²) in [6, 6.07) is 5.51. The van der Waals surface area contributed by atoms with Crippen LogP contribution in [0.2, 0.25) is 0 Å². The van der Waals surface area contributed by atoms with Gasteiger partial charge in [-0.2, -0.15) is 0 Å². The SMILES string of the molecule is Cc1ccc(CO)cc1NC(=O)C(C)OCCC(C)C. The molecule has 20 heavy (non-hydrogen) atoms. The van der Waals surface area contributed by atoms with Gasteiger partial charge in [-0.05, 0) is 43.4 Å². The van der Waals surface area contributed by atoms with Crippen molar-refractivity contribution < 1.29 is 14.6 Å². The molecule has 0 fully saturated rings. The molecule has 1 rings (SSSR count). The number of ether oxygens (including phenoxy) is 1. The maximum atomic E-state index is 12.0. The fraction of sp³-hybridized carbons (Fsp3) is 0.562. The summed E-state index contributed by atoms with van der Waals surface area (Å²) in [5.41, 5.74) is 2.46. The Bertz CT molecular complexity index is 443. The third-order valence-corrected chi connectivity index (χ3v) is 3.17. The van der Waals surface area contributed by atoms with E-state index in [-0.39, 0.29) is 12.5 Å². The Morgan fingerprint density at radius 2 is 2.05 bits per heavy atom. The first-order chi connectivity index (χ1) is 9.43. The van der Waals surface area contributed by atoms with Crippen molar-refractivity contribution in [1.29, 1.82) is 0 Å². The van der Waals surface area contributed by atoms with Crippen LogP contribution in [0.15, 0.2) is 18.2 Å². The van der Waals surface area contributed by atoms with E-state index in [1.807, 2.05) is 19.1 Å². The van der Waals surface area contributed by atoms with Gasteiger partial charge in [-0.3, -0.25) is 4.79 Å². The molecule has 1 unspecified atom stereocenters. The van der Waals surface area contributed by atoms with Crippen LogP contribution in [0, 0.1) is 12.8 Å². The predicted molar refractivity (Wildman–Crippen MR) is 80.6 cm³/mol. The van der Waals surface area contributed by atoms with Crippen LogP contribution in [0.3, 0.4) is 0 Å². The van der Waals surface area contributed by atoms with Gasteiger partial charge >= 0.3 is 0 Å². The van der Waals surface area contributed by atoms with Gasteiger partial charge in [0.2, 0.25) is 0 Å². The van der Waals surface area contributed by atoms with Crippen molar-refractivity contribution in [3.63, 3.8) is 0 Å². The van der Waals surface area contributed by atoms with Gasteiger partial charge in [-0.25, -0.2) is 0 Å². The lowest BCUT2D eigenvalue weighted by atomic mass is 10.1. The minimum atomic E-state index is -0.481. The van der Waals surface area contributed by atoms with Crippen molar-refractivity contribution in [2.24, 2.45) is 5.92 Å². The highest BCUT2D eigenvalue weighted by molar-refractivity contribution is 5.94. The molecule has 1 amide bonds. The first kappa shape index (κ1) is 16.7. The second kappa shape index (κ2) is 8.02. The molecule has 0 saturated heterocycles. The molecular formula is C16H25NO3. The van der Waals surface area contributed by atoms with Crippen LogP contribution in [-0.4, -0.2) is 23.7 Å². The highest BCUT2D eigenvalue weighted by Gasteiger charge is 2.14. The monoisotopic (exact) mass is 279 g/mol. The predicted octanol–water partition coefficient (Wildman–Crippen LogP) is 2.88. The summed E-state index contributed by atoms with van der Waals surface area (Å²) in [5.74, 6) is 0.403. The highest BCUT2D eigenvalue weighted by Crippen LogP contribution is 2.17. The normalized spacial score (nSPS) is 12.5. The topological polar surface area (TPSA) is 58.6 Å². The number of carbonyl (C=O) groups is 1. The Morgan fingerprint density at radius 1 is 1.35 bits per heavy atom. The average molecular weight is 279 g/mol. The lowest BCUT2D eigenvalue weighted by molar-refractivity contribution is -0.126. The number of amides is 1. The molecule has 4 nitrogen and oxygen atoms in total. The summed E-state index contributed by atoms with van der Waals surface area (Å²) >= 11 is 0. The number of rotatable bonds is 7. The zero-order valence-corrected chi connectivity index (χ0v) is 12.8. The third kappa shape index (κ3) is 5.31. The second-order valence-corrected chi connectivity index (χ2v) is 5.49. The second-order valence-electron chi connectivity index (χ2n) is 5.49. The van der Waals surface area contributed by atoms with Gasteiger partial charge in [0.1, 0.15) is 6.10 Å². The van der Waals surface area contributed by atoms with Crippen molar-refractivity contribution in [2.75, 3.05) is 11.9 Å². The first-order valence-corrected chi connectivity index (χ1v) is 7.07. The molecule has 0 radical (unpaired) electrons. The molecule has 2 N–H and O–H groups in total. The molecule has 0 aliphatic rings. The van der Waals surface area contributed by atoms with Gasteiger partial charge in [-0.1, -0.05) is 26.0 Å². The fourth-order valence-corrected chi connectivity index (χ4v) is 1.69. The number of aryl methyl sites for hydroxylation is 1. The molecule has 4 heteroatoms. The van der Waals surface area contributed by atoms with E-state index in [1.54, 1.807) is 13.0 Å². The Kier molecular flexibility index (Phi) is 6.68. The van der Waals surface area contributed by atoms with E-state index in [1.165, 1.54) is 0 Å². The van der Waals surface area contributed by atoms with E-state index in [4.69, 9.17) is 9.84 Å². The lowest BCUT2D eigenvalue weighted by Gasteiger charge is -2.16. The fourth-order valence-electron chi connectivity index (χ4n) is 1.69. The molecule has 0 aliphatic carbocycles. The molecule has 0 bridgehead atoms. The van der Waals surface area contributed by atoms with E-state index in [2.05, 4.69) is 19.2 Å². The largest absolute Gasteiger partial charge is 0.392 e. The summed E-state index contributed by atoms with van der Waals surface area (Å²) in [6.07, 6.45) is 0.460. The Labute approximate surface area is 121 Å². The van der Waals surface area contributed by atoms with E-state index >= 15 is 0 Å². The Balaban J connectivity index is 2.56. The number of hydrogen-bond donors (Lipinski definition) is 2. The minimum Gasteiger partial charge on any atom is -0.392 e. The maximum Gasteiger partial charge on any atom is 0.253 e. The van der Waals surface area contributed by atoms with Gasteiger partial charge in [0.25, 0.3) is 5.91 Å². The van der Waals surface area contributed by atoms with Gasteiger partial charge in [-0.15, -0.1) is 0 Å². The summed E-state index contributed by atoms with van der Waals surface area (Å²) < 4.78 is 5.52. The summed E-state index contributed by atoms with van der Waals surface area (Å²) in [6.45, 7) is 8.46. The van der Waals surface area contributed by atoms with Crippen LogP contribution in [0.4, 0.5) is 5.69 Å². The molecule has 1 atom stereocenters. The van der Waals surface area contributed by atoms with Crippen LogP contribution >= 0.6 is 0 Å². The summed E-state index contributed by atoms with van der Waals surface area (Å²) in [4.78, 5) is 12.0. The molecular weight excluding hydrogens is 254 g/mol. The first-order valence-electron chi connectivity index (χ1n) is 7.07. The van der Waals surface area contributed by atoms with Crippen LogP contribution in [0.1, 0.15) is 38.3 Å². The average Bonchev–Trinajstić information content (AvgIpc) is 2.40. The van der Waals surface area contributed by atoms with Crippen LogP contribution in [-0.2, 0) is 16.1 Å². The van der Waals surface area contributed by atoms with Crippen LogP contribution in [0.5, 0.6) is 0 Å². The number of aliphatic hydroxyl groups is 1. The number of nitrogens with one attached hydrogen (secondary N) is 1. The number of benzene rings is 1. The van der Waals surface area contributed by atoms with Crippen molar-refractivity contribution in [2.45, 2.75) is 46.8 Å². The zero-order valence-electron chi connectivity index (χ0n) is 12.8. The quantitative estimate of drug-likeness (QED) is 0.807. The van der Waals surface area contributed by atoms with E-state index in [0.29, 0.717) is 12.5 Å². The van der Waals surface area contributed by atoms with Gasteiger partial charge in [0.15, 0.2) is 0 Å². The maximum absolute atomic E-state index is 12.0. The van der Waals surface area contributed by atoms with E-state index < -0.39 is 6.10 Å². The summed E-state index contributed by atoms with van der Waals surface area (Å²) in [7, 11) is 0. The molecule has 0 saturated carbocycles. The number of carbonyl (C=O) groups excluding carboxylic acids is 1. The van der Waals surface area contributed by atoms with Gasteiger partial charge in [0, 0.05) is 12.3 Å². The zero-order chi connectivity index (χ0) is 15.1. The molecule has 0 aromatic heterocycles. The molecule has 1 aromatic carbocycles. The highest BCUT2D eigenvalue weighted by atomic mass is 16.5. The van der Waals surface area contributed by atoms with Crippen LogP contribution < -0.4 is 5.32 Å². The minimum absolute atomic E-state index is 0.0381. The molecule has 1 aromatic rings. The van der Waals surface area contributed by atoms with E-state index in [0.717, 1.165) is 23.2 Å². The molecule has 112 valence electrons. The van der Waals surface area contributed by atoms with Crippen LogP contribution in [0.25, 0.3) is 0 Å². The summed E-state index contributed by atoms with van der Waals surface area (Å²) in [5, 5.41) is 12.0. The molecule has 0 aliphatic heterocycles. The van der Waals surface area contributed by atoms with Crippen molar-refractivity contribution in [3.05, 3.63) is 29.3 Å². The number of hydrogen-bond acceptors (Lipinski definition) is 3. The van der Waals surface area contributed by atoms with Crippen molar-refractivity contribution in [1.82, 2.24) is 0 Å².